The molecule has 0 unspecified atom stereocenters. The first-order valence-electron chi connectivity index (χ1n) is 11.8. The first kappa shape index (κ1) is 21.8. The molecule has 0 radical (unpaired) electrons. The van der Waals surface area contributed by atoms with Crippen LogP contribution in [-0.2, 0) is 6.54 Å². The van der Waals surface area contributed by atoms with E-state index in [4.69, 9.17) is 14.5 Å². The lowest BCUT2D eigenvalue weighted by atomic mass is 9.86. The first-order chi connectivity index (χ1) is 17.1. The molecule has 3 aliphatic heterocycles. The molecule has 3 fully saturated rings. The van der Waals surface area contributed by atoms with Crippen LogP contribution in [0.3, 0.4) is 0 Å². The highest BCUT2D eigenvalue weighted by atomic mass is 19.1. The highest BCUT2D eigenvalue weighted by molar-refractivity contribution is 5.79. The van der Waals surface area contributed by atoms with Crippen molar-refractivity contribution in [1.82, 2.24) is 34.4 Å². The Balaban J connectivity index is 1.32. The minimum Gasteiger partial charge on any atom is -0.473 e. The second-order valence-corrected chi connectivity index (χ2v) is 9.18. The molecule has 180 valence electrons. The number of halogens is 1. The van der Waals surface area contributed by atoms with Crippen molar-refractivity contribution in [2.24, 2.45) is 5.92 Å². The van der Waals surface area contributed by atoms with Crippen LogP contribution in [0.15, 0.2) is 36.8 Å². The summed E-state index contributed by atoms with van der Waals surface area (Å²) in [5.41, 5.74) is 3.39. The van der Waals surface area contributed by atoms with E-state index in [1.54, 1.807) is 12.4 Å². The fourth-order valence-electron chi connectivity index (χ4n) is 5.06. The predicted molar refractivity (Wildman–Crippen MR) is 127 cm³/mol. The van der Waals surface area contributed by atoms with Crippen molar-refractivity contribution in [3.05, 3.63) is 53.9 Å². The number of aromatic nitrogens is 6. The van der Waals surface area contributed by atoms with E-state index in [1.807, 2.05) is 23.6 Å². The third-order valence-electron chi connectivity index (χ3n) is 6.90. The molecule has 2 bridgehead atoms. The number of hydrogen-bond acceptors (Lipinski definition) is 8. The number of imidazole rings is 1. The van der Waals surface area contributed by atoms with Gasteiger partial charge in [0.1, 0.15) is 23.3 Å². The first-order valence-corrected chi connectivity index (χ1v) is 11.8. The Bertz CT molecular complexity index is 1370. The van der Waals surface area contributed by atoms with Crippen LogP contribution in [0.1, 0.15) is 24.1 Å². The Morgan fingerprint density at radius 2 is 1.94 bits per heavy atom. The Hall–Kier alpha value is -3.66. The van der Waals surface area contributed by atoms with Crippen molar-refractivity contribution in [2.45, 2.75) is 32.4 Å². The lowest BCUT2D eigenvalue weighted by Crippen LogP contribution is -2.52. The average Bonchev–Trinajstić information content (AvgIpc) is 3.24. The van der Waals surface area contributed by atoms with E-state index in [9.17, 15) is 4.39 Å². The summed E-state index contributed by atoms with van der Waals surface area (Å²) in [5.74, 6) is 1.36. The van der Waals surface area contributed by atoms with Crippen molar-refractivity contribution in [3.8, 4) is 23.3 Å². The predicted octanol–water partition coefficient (Wildman–Crippen LogP) is 3.26. The third-order valence-corrected chi connectivity index (χ3v) is 6.90. The van der Waals surface area contributed by atoms with E-state index in [0.29, 0.717) is 46.6 Å². The topological polar surface area (TPSA) is 91.1 Å². The summed E-state index contributed by atoms with van der Waals surface area (Å²) in [6.07, 6.45) is 7.15. The van der Waals surface area contributed by atoms with Crippen molar-refractivity contribution >= 4 is 11.2 Å². The molecule has 10 heteroatoms. The van der Waals surface area contributed by atoms with E-state index >= 15 is 0 Å². The molecule has 4 aromatic heterocycles. The van der Waals surface area contributed by atoms with Gasteiger partial charge in [-0.05, 0) is 50.4 Å². The number of rotatable bonds is 6. The minimum atomic E-state index is -0.433. The summed E-state index contributed by atoms with van der Waals surface area (Å²) in [5, 5.41) is 0. The van der Waals surface area contributed by atoms with E-state index in [2.05, 4.69) is 24.8 Å². The number of methoxy groups -OCH3 is 1. The van der Waals surface area contributed by atoms with E-state index in [1.165, 1.54) is 45.3 Å². The van der Waals surface area contributed by atoms with Crippen LogP contribution < -0.4 is 9.47 Å². The maximum atomic E-state index is 14.0. The molecule has 0 N–H and O–H groups in total. The normalized spacial score (nSPS) is 21.4. The largest absolute Gasteiger partial charge is 0.473 e. The van der Waals surface area contributed by atoms with Gasteiger partial charge >= 0.3 is 6.01 Å². The van der Waals surface area contributed by atoms with Crippen molar-refractivity contribution in [3.63, 3.8) is 0 Å². The minimum absolute atomic E-state index is 0.202. The summed E-state index contributed by atoms with van der Waals surface area (Å²) in [6.45, 7) is 5.59. The molecular weight excluding hydrogens is 449 g/mol. The number of ether oxygens (including phenoxy) is 2. The summed E-state index contributed by atoms with van der Waals surface area (Å²) >= 11 is 0. The highest BCUT2D eigenvalue weighted by Crippen LogP contribution is 2.31. The van der Waals surface area contributed by atoms with Gasteiger partial charge in [0.25, 0.3) is 0 Å². The molecule has 35 heavy (non-hydrogen) atoms. The quantitative estimate of drug-likeness (QED) is 0.420. The molecule has 0 saturated carbocycles. The van der Waals surface area contributed by atoms with Crippen molar-refractivity contribution in [1.29, 1.82) is 0 Å². The maximum absolute atomic E-state index is 14.0. The molecule has 0 amide bonds. The third kappa shape index (κ3) is 4.18. The van der Waals surface area contributed by atoms with Gasteiger partial charge in [-0.15, -0.1) is 0 Å². The summed E-state index contributed by atoms with van der Waals surface area (Å²) in [4.78, 5) is 24.7. The van der Waals surface area contributed by atoms with Gasteiger partial charge in [0.15, 0.2) is 5.65 Å². The van der Waals surface area contributed by atoms with Gasteiger partial charge in [0, 0.05) is 30.6 Å². The second-order valence-electron chi connectivity index (χ2n) is 9.18. The van der Waals surface area contributed by atoms with E-state index < -0.39 is 5.82 Å². The standard InChI is InChI=1S/C25H26FN7O2/c1-15-22-24(31-25(29-15)34-2)33(23(30-22)18-9-19(26)12-27-11-18)13-16-3-4-21(28-10-16)35-20-14-32-7-5-17(20)6-8-32/h3-4,9-12,17,20H,5-8,13-14H2,1-2H3/t20-/m0/s1. The molecule has 0 spiro atoms. The molecule has 7 rings (SSSR count). The molecule has 0 aliphatic carbocycles. The average molecular weight is 476 g/mol. The lowest BCUT2D eigenvalue weighted by molar-refractivity contribution is -0.00994. The molecule has 9 nitrogen and oxygen atoms in total. The zero-order valence-electron chi connectivity index (χ0n) is 19.7. The lowest BCUT2D eigenvalue weighted by Gasteiger charge is -2.44. The number of fused-ring (bicyclic) bond motifs is 4. The molecule has 1 atom stereocenters. The van der Waals surface area contributed by atoms with E-state index in [0.717, 1.165) is 12.1 Å². The zero-order chi connectivity index (χ0) is 23.9. The number of aryl methyl sites for hydroxylation is 1. The summed E-state index contributed by atoms with van der Waals surface area (Å²) in [6, 6.07) is 5.57. The van der Waals surface area contributed by atoms with Gasteiger partial charge in [-0.25, -0.2) is 14.4 Å². The van der Waals surface area contributed by atoms with E-state index in [-0.39, 0.29) is 12.1 Å². The zero-order valence-corrected chi connectivity index (χ0v) is 19.7. The summed E-state index contributed by atoms with van der Waals surface area (Å²) in [7, 11) is 1.52. The van der Waals surface area contributed by atoms with Crippen molar-refractivity contribution < 1.29 is 13.9 Å². The summed E-state index contributed by atoms with van der Waals surface area (Å²) < 4.78 is 27.4. The van der Waals surface area contributed by atoms with Crippen LogP contribution in [0.5, 0.6) is 11.9 Å². The van der Waals surface area contributed by atoms with Crippen LogP contribution >= 0.6 is 0 Å². The van der Waals surface area contributed by atoms with Crippen molar-refractivity contribution in [2.75, 3.05) is 26.7 Å². The Labute approximate surface area is 202 Å². The molecule has 7 heterocycles. The SMILES string of the molecule is COc1nc(C)c2nc(-c3cncc(F)c3)n(Cc3ccc(O[C@H]4CN5CCC4CC5)nc3)c2n1. The van der Waals surface area contributed by atoms with Crippen LogP contribution in [0, 0.1) is 18.7 Å². The molecule has 0 aromatic carbocycles. The highest BCUT2D eigenvalue weighted by Gasteiger charge is 2.35. The van der Waals surface area contributed by atoms with Crippen LogP contribution in [0.25, 0.3) is 22.6 Å². The monoisotopic (exact) mass is 475 g/mol. The number of pyridine rings is 2. The fraction of sp³-hybridized carbons (Fsp3) is 0.400. The van der Waals surface area contributed by atoms with Gasteiger partial charge in [0.05, 0.1) is 25.5 Å². The molecule has 4 aromatic rings. The van der Waals surface area contributed by atoms with Gasteiger partial charge in [-0.1, -0.05) is 6.07 Å². The van der Waals surface area contributed by atoms with Gasteiger partial charge in [0.2, 0.25) is 5.88 Å². The van der Waals surface area contributed by atoms with Gasteiger partial charge < -0.3 is 14.0 Å². The molecule has 3 aliphatic rings. The molecular formula is C25H26FN7O2. The Morgan fingerprint density at radius 1 is 1.09 bits per heavy atom. The van der Waals surface area contributed by atoms with Crippen LogP contribution in [0.4, 0.5) is 4.39 Å². The number of piperidine rings is 3. The fourth-order valence-corrected chi connectivity index (χ4v) is 5.06. The second kappa shape index (κ2) is 8.84. The maximum Gasteiger partial charge on any atom is 0.318 e. The van der Waals surface area contributed by atoms with Gasteiger partial charge in [-0.3, -0.25) is 9.88 Å². The number of nitrogens with zero attached hydrogens (tertiary/aromatic N) is 7. The Kier molecular flexibility index (Phi) is 5.52. The van der Waals surface area contributed by atoms with Gasteiger partial charge in [-0.2, -0.15) is 9.97 Å². The molecule has 3 saturated heterocycles. The Morgan fingerprint density at radius 3 is 2.63 bits per heavy atom. The number of hydrogen-bond donors (Lipinski definition) is 0. The smallest absolute Gasteiger partial charge is 0.318 e. The van der Waals surface area contributed by atoms with Crippen LogP contribution in [0.2, 0.25) is 0 Å². The van der Waals surface area contributed by atoms with Crippen LogP contribution in [-0.4, -0.2) is 67.2 Å².